The van der Waals surface area contributed by atoms with E-state index >= 15 is 0 Å². The largest absolute Gasteiger partial charge is 0.408 e. The number of carbonyl (C=O) groups is 2. The molecule has 3 atom stereocenters. The van der Waals surface area contributed by atoms with Gasteiger partial charge in [0.1, 0.15) is 11.9 Å². The van der Waals surface area contributed by atoms with E-state index in [9.17, 15) is 36.6 Å². The van der Waals surface area contributed by atoms with E-state index in [2.05, 4.69) is 15.3 Å². The van der Waals surface area contributed by atoms with Gasteiger partial charge in [0.15, 0.2) is 6.04 Å². The predicted molar refractivity (Wildman–Crippen MR) is 135 cm³/mol. The number of pyridine rings is 1. The molecule has 2 heterocycles. The summed E-state index contributed by atoms with van der Waals surface area (Å²) in [6, 6.07) is -3.20. The highest BCUT2D eigenvalue weighted by Crippen LogP contribution is 2.30. The van der Waals surface area contributed by atoms with Crippen molar-refractivity contribution >= 4 is 40.4 Å². The van der Waals surface area contributed by atoms with E-state index in [1.807, 2.05) is 12.2 Å². The van der Waals surface area contributed by atoms with Gasteiger partial charge >= 0.3 is 6.18 Å². The van der Waals surface area contributed by atoms with Crippen LogP contribution in [0.1, 0.15) is 64.0 Å². The number of rotatable bonds is 9. The van der Waals surface area contributed by atoms with Crippen LogP contribution in [0.25, 0.3) is 0 Å². The minimum Gasteiger partial charge on any atom is -0.393 e. The van der Waals surface area contributed by atoms with E-state index in [-0.39, 0.29) is 28.2 Å². The van der Waals surface area contributed by atoms with Crippen LogP contribution in [-0.2, 0) is 9.59 Å². The summed E-state index contributed by atoms with van der Waals surface area (Å²) in [4.78, 5) is 35.4. The van der Waals surface area contributed by atoms with E-state index in [1.54, 1.807) is 0 Å². The number of aliphatic hydroxyl groups is 1. The molecule has 1 aliphatic carbocycles. The highest BCUT2D eigenvalue weighted by atomic mass is 32.1. The molecule has 0 aromatic carbocycles. The Bertz CT molecular complexity index is 1090. The fraction of sp³-hybridized carbons (Fsp3) is 0.625. The molecule has 3 N–H and O–H groups in total. The standard InChI is InChI=1S/C24H30F5N5O3S/c1-11-5-4-6-34(11)23(37)19(31-12(2)22(36)33-14-7-15(35)8-14)20(38)17-10-30-18(9-16(17)21(25)26)32-13(3)24(27,28)29/h9-11,13-15,19,21,35H,4-8H2,1-3H3,(H,30,32)(H,33,36)/b31-12+/t11-,13-,14-,15-,19?/m0/s1. The Morgan fingerprint density at radius 1 is 1.29 bits per heavy atom. The van der Waals surface area contributed by atoms with E-state index < -0.39 is 54.0 Å². The molecule has 0 radical (unpaired) electrons. The normalized spacial score (nSPS) is 23.6. The Balaban J connectivity index is 1.94. The van der Waals surface area contributed by atoms with E-state index in [4.69, 9.17) is 12.2 Å². The first-order valence-electron chi connectivity index (χ1n) is 12.2. The van der Waals surface area contributed by atoms with Gasteiger partial charge in [0.05, 0.1) is 16.7 Å². The number of aliphatic imine (C=N–C) groups is 1. The summed E-state index contributed by atoms with van der Waals surface area (Å²) < 4.78 is 66.8. The Labute approximate surface area is 222 Å². The predicted octanol–water partition coefficient (Wildman–Crippen LogP) is 3.58. The lowest BCUT2D eigenvalue weighted by Gasteiger charge is -2.32. The third-order valence-electron chi connectivity index (χ3n) is 6.71. The Hall–Kier alpha value is -2.74. The van der Waals surface area contributed by atoms with E-state index in [1.165, 1.54) is 11.8 Å². The molecular weight excluding hydrogens is 533 g/mol. The second-order valence-electron chi connectivity index (χ2n) is 9.66. The van der Waals surface area contributed by atoms with Crippen LogP contribution in [0.2, 0.25) is 0 Å². The van der Waals surface area contributed by atoms with E-state index in [0.29, 0.717) is 19.4 Å². The second kappa shape index (κ2) is 12.0. The number of hydrogen-bond donors (Lipinski definition) is 3. The number of carbonyl (C=O) groups excluding carboxylic acids is 2. The van der Waals surface area contributed by atoms with Crippen molar-refractivity contribution in [3.05, 3.63) is 23.4 Å². The first kappa shape index (κ1) is 29.8. The molecule has 1 saturated carbocycles. The summed E-state index contributed by atoms with van der Waals surface area (Å²) >= 11 is 5.44. The third-order valence-corrected chi connectivity index (χ3v) is 7.15. The van der Waals surface area contributed by atoms with Crippen molar-refractivity contribution in [1.29, 1.82) is 0 Å². The number of amides is 2. The van der Waals surface area contributed by atoms with Gasteiger partial charge in [-0.3, -0.25) is 14.6 Å². The zero-order valence-corrected chi connectivity index (χ0v) is 21.9. The minimum absolute atomic E-state index is 0.109. The number of halogens is 5. The quantitative estimate of drug-likeness (QED) is 0.184. The van der Waals surface area contributed by atoms with Crippen LogP contribution in [0, 0.1) is 0 Å². The first-order valence-corrected chi connectivity index (χ1v) is 12.6. The summed E-state index contributed by atoms with van der Waals surface area (Å²) in [5, 5.41) is 14.2. The summed E-state index contributed by atoms with van der Waals surface area (Å²) in [5.74, 6) is -1.60. The lowest BCUT2D eigenvalue weighted by Crippen LogP contribution is -2.49. The molecule has 1 saturated heterocycles. The Kier molecular flexibility index (Phi) is 9.39. The lowest BCUT2D eigenvalue weighted by molar-refractivity contribution is -0.138. The molecule has 38 heavy (non-hydrogen) atoms. The molecule has 14 heteroatoms. The topological polar surface area (TPSA) is 107 Å². The number of nitrogens with one attached hydrogen (secondary N) is 2. The minimum atomic E-state index is -4.63. The fourth-order valence-corrected chi connectivity index (χ4v) is 4.60. The van der Waals surface area contributed by atoms with Gasteiger partial charge in [0.2, 0.25) is 0 Å². The van der Waals surface area contributed by atoms with Gasteiger partial charge in [-0.15, -0.1) is 0 Å². The highest BCUT2D eigenvalue weighted by molar-refractivity contribution is 7.81. The molecule has 2 aliphatic rings. The second-order valence-corrected chi connectivity index (χ2v) is 10.1. The maximum atomic E-state index is 14.0. The zero-order chi connectivity index (χ0) is 28.4. The summed E-state index contributed by atoms with van der Waals surface area (Å²) in [5.41, 5.74) is -1.14. The summed E-state index contributed by atoms with van der Waals surface area (Å²) in [7, 11) is 0. The van der Waals surface area contributed by atoms with Crippen LogP contribution in [-0.4, -0.2) is 80.4 Å². The number of aromatic nitrogens is 1. The highest BCUT2D eigenvalue weighted by Gasteiger charge is 2.38. The Morgan fingerprint density at radius 2 is 1.95 bits per heavy atom. The first-order chi connectivity index (χ1) is 17.7. The maximum Gasteiger partial charge on any atom is 0.408 e. The molecule has 0 spiro atoms. The zero-order valence-electron chi connectivity index (χ0n) is 21.1. The van der Waals surface area contributed by atoms with Crippen molar-refractivity contribution in [3.63, 3.8) is 0 Å². The lowest BCUT2D eigenvalue weighted by atomic mass is 9.89. The third kappa shape index (κ3) is 7.01. The molecule has 210 valence electrons. The smallest absolute Gasteiger partial charge is 0.393 e. The number of aliphatic hydroxyl groups excluding tert-OH is 1. The van der Waals surface area contributed by atoms with Crippen LogP contribution >= 0.6 is 12.2 Å². The average molecular weight is 564 g/mol. The summed E-state index contributed by atoms with van der Waals surface area (Å²) in [6.45, 7) is 4.40. The molecule has 1 aromatic rings. The number of anilines is 1. The van der Waals surface area contributed by atoms with Crippen molar-refractivity contribution in [2.45, 2.75) is 89.3 Å². The van der Waals surface area contributed by atoms with Gasteiger partial charge in [-0.2, -0.15) is 13.2 Å². The van der Waals surface area contributed by atoms with Crippen molar-refractivity contribution in [3.8, 4) is 0 Å². The number of thiocarbonyl (C=S) groups is 1. The van der Waals surface area contributed by atoms with Crippen LogP contribution in [0.15, 0.2) is 17.3 Å². The molecule has 8 nitrogen and oxygen atoms in total. The van der Waals surface area contributed by atoms with Crippen molar-refractivity contribution < 1.29 is 36.6 Å². The van der Waals surface area contributed by atoms with Crippen LogP contribution in [0.3, 0.4) is 0 Å². The van der Waals surface area contributed by atoms with Crippen LogP contribution in [0.4, 0.5) is 27.8 Å². The van der Waals surface area contributed by atoms with Crippen molar-refractivity contribution in [2.75, 3.05) is 11.9 Å². The fourth-order valence-electron chi connectivity index (χ4n) is 4.28. The van der Waals surface area contributed by atoms with Gasteiger partial charge < -0.3 is 20.6 Å². The van der Waals surface area contributed by atoms with Crippen LogP contribution in [0.5, 0.6) is 0 Å². The van der Waals surface area contributed by atoms with Gasteiger partial charge in [-0.05, 0) is 52.5 Å². The molecule has 2 fully saturated rings. The van der Waals surface area contributed by atoms with Gasteiger partial charge in [-0.25, -0.2) is 13.8 Å². The van der Waals surface area contributed by atoms with Crippen LogP contribution < -0.4 is 10.6 Å². The van der Waals surface area contributed by atoms with E-state index in [0.717, 1.165) is 32.0 Å². The van der Waals surface area contributed by atoms with Crippen molar-refractivity contribution in [1.82, 2.24) is 15.2 Å². The molecular formula is C24H30F5N5O3S. The molecule has 1 aliphatic heterocycles. The number of alkyl halides is 5. The SMILES string of the molecule is C/C(=N\C(C(=O)N1CCC[C@@H]1C)C(=S)c1cnc(N[C@@H](C)C(F)(F)F)cc1C(F)F)C(=O)N[C@H]1C[C@H](O)C1. The molecule has 0 bridgehead atoms. The van der Waals surface area contributed by atoms with Gasteiger partial charge in [-0.1, -0.05) is 12.2 Å². The number of likely N-dealkylation sites (tertiary alicyclic amines) is 1. The van der Waals surface area contributed by atoms with Gasteiger partial charge in [0.25, 0.3) is 18.2 Å². The monoisotopic (exact) mass is 563 g/mol. The molecule has 2 amide bonds. The Morgan fingerprint density at radius 3 is 2.47 bits per heavy atom. The molecule has 1 unspecified atom stereocenters. The maximum absolute atomic E-state index is 14.0. The molecule has 3 rings (SSSR count). The average Bonchev–Trinajstić information content (AvgIpc) is 3.25. The summed E-state index contributed by atoms with van der Waals surface area (Å²) in [6.07, 6.45) is -5.19. The van der Waals surface area contributed by atoms with Gasteiger partial charge in [0, 0.05) is 36.0 Å². The number of nitrogens with zero attached hydrogens (tertiary/aromatic N) is 3. The van der Waals surface area contributed by atoms with Crippen molar-refractivity contribution in [2.24, 2.45) is 4.99 Å². The molecule has 1 aromatic heterocycles. The number of hydrogen-bond acceptors (Lipinski definition) is 7.